The molecule has 0 saturated heterocycles. The predicted octanol–water partition coefficient (Wildman–Crippen LogP) is 3.17. The van der Waals surface area contributed by atoms with Gasteiger partial charge < -0.3 is 5.73 Å². The van der Waals surface area contributed by atoms with Gasteiger partial charge in [0.05, 0.1) is 6.04 Å². The average molecular weight is 193 g/mol. The summed E-state index contributed by atoms with van der Waals surface area (Å²) in [5, 5.41) is 4.35. The molecule has 2 heteroatoms. The molecule has 1 nitrogen and oxygen atoms in total. The highest BCUT2D eigenvalue weighted by atomic mass is 32.1. The van der Waals surface area contributed by atoms with Gasteiger partial charge in [-0.3, -0.25) is 0 Å². The fraction of sp³-hybridized carbons (Fsp3) is 0.455. The van der Waals surface area contributed by atoms with Gasteiger partial charge in [0.2, 0.25) is 0 Å². The first-order valence-electron chi connectivity index (χ1n) is 4.76. The van der Waals surface area contributed by atoms with Crippen molar-refractivity contribution < 1.29 is 0 Å². The molecular weight excluding hydrogens is 178 g/mol. The first kappa shape index (κ1) is 8.97. The Morgan fingerprint density at radius 1 is 1.46 bits per heavy atom. The van der Waals surface area contributed by atoms with Crippen LogP contribution in [0.25, 0.3) is 0 Å². The molecule has 0 saturated carbocycles. The number of thiophene rings is 1. The van der Waals surface area contributed by atoms with Crippen molar-refractivity contribution in [3.8, 4) is 0 Å². The molecule has 0 fully saturated rings. The van der Waals surface area contributed by atoms with Crippen LogP contribution in [-0.2, 0) is 0 Å². The molecule has 70 valence electrons. The van der Waals surface area contributed by atoms with Crippen LogP contribution in [0.5, 0.6) is 0 Å². The van der Waals surface area contributed by atoms with Gasteiger partial charge in [-0.2, -0.15) is 11.3 Å². The summed E-state index contributed by atoms with van der Waals surface area (Å²) < 4.78 is 0. The fourth-order valence-electron chi connectivity index (χ4n) is 1.87. The minimum absolute atomic E-state index is 0.161. The van der Waals surface area contributed by atoms with Gasteiger partial charge in [-0.15, -0.1) is 0 Å². The summed E-state index contributed by atoms with van der Waals surface area (Å²) in [5.41, 5.74) is 10.3. The molecule has 1 unspecified atom stereocenters. The normalized spacial score (nSPS) is 18.8. The Morgan fingerprint density at radius 3 is 2.85 bits per heavy atom. The first-order chi connectivity index (χ1) is 6.29. The van der Waals surface area contributed by atoms with Gasteiger partial charge in [-0.25, -0.2) is 0 Å². The third-order valence-corrected chi connectivity index (χ3v) is 3.59. The molecule has 0 aromatic carbocycles. The Hall–Kier alpha value is -0.600. The maximum Gasteiger partial charge on any atom is 0.0521 e. The summed E-state index contributed by atoms with van der Waals surface area (Å²) in [6.45, 7) is 2.14. The van der Waals surface area contributed by atoms with E-state index in [2.05, 4.69) is 23.8 Å². The van der Waals surface area contributed by atoms with E-state index in [1.807, 2.05) is 0 Å². The lowest BCUT2D eigenvalue weighted by molar-refractivity contribution is 0.783. The molecule has 0 aliphatic heterocycles. The zero-order chi connectivity index (χ0) is 9.26. The van der Waals surface area contributed by atoms with Crippen molar-refractivity contribution in [3.63, 3.8) is 0 Å². The first-order valence-corrected chi connectivity index (χ1v) is 5.70. The van der Waals surface area contributed by atoms with Gasteiger partial charge in [0, 0.05) is 0 Å². The van der Waals surface area contributed by atoms with E-state index in [4.69, 9.17) is 5.73 Å². The van der Waals surface area contributed by atoms with E-state index in [0.29, 0.717) is 0 Å². The lowest BCUT2D eigenvalue weighted by Gasteiger charge is -2.12. The lowest BCUT2D eigenvalue weighted by Crippen LogP contribution is -2.12. The van der Waals surface area contributed by atoms with E-state index in [0.717, 1.165) is 0 Å². The van der Waals surface area contributed by atoms with Crippen LogP contribution in [0.3, 0.4) is 0 Å². The zero-order valence-corrected chi connectivity index (χ0v) is 8.73. The van der Waals surface area contributed by atoms with Crippen LogP contribution in [0, 0.1) is 6.92 Å². The molecule has 1 aromatic heterocycles. The number of rotatable bonds is 2. The van der Waals surface area contributed by atoms with Crippen LogP contribution in [0.4, 0.5) is 0 Å². The molecule has 0 amide bonds. The molecule has 1 aliphatic carbocycles. The van der Waals surface area contributed by atoms with Crippen LogP contribution in [-0.4, -0.2) is 0 Å². The number of allylic oxidation sites excluding steroid dienone is 1. The molecule has 1 aliphatic rings. The van der Waals surface area contributed by atoms with E-state index in [1.165, 1.54) is 36.0 Å². The number of hydrogen-bond acceptors (Lipinski definition) is 2. The largest absolute Gasteiger partial charge is 0.321 e. The Bertz CT molecular complexity index is 325. The Labute approximate surface area is 83.3 Å². The van der Waals surface area contributed by atoms with E-state index in [-0.39, 0.29) is 6.04 Å². The molecule has 2 rings (SSSR count). The van der Waals surface area contributed by atoms with E-state index < -0.39 is 0 Å². The fourth-order valence-corrected chi connectivity index (χ4v) is 2.75. The van der Waals surface area contributed by atoms with Crippen molar-refractivity contribution in [2.45, 2.75) is 32.2 Å². The SMILES string of the molecule is Cc1cscc1C(N)C1=CCCC1. The van der Waals surface area contributed by atoms with Crippen LogP contribution in [0.15, 0.2) is 22.4 Å². The second kappa shape index (κ2) is 3.64. The molecule has 0 bridgehead atoms. The summed E-state index contributed by atoms with van der Waals surface area (Å²) in [6.07, 6.45) is 6.00. The summed E-state index contributed by atoms with van der Waals surface area (Å²) >= 11 is 1.75. The third-order valence-electron chi connectivity index (χ3n) is 2.71. The van der Waals surface area contributed by atoms with Crippen LogP contribution in [0.1, 0.15) is 36.4 Å². The highest BCUT2D eigenvalue weighted by molar-refractivity contribution is 7.08. The molecule has 13 heavy (non-hydrogen) atoms. The van der Waals surface area contributed by atoms with E-state index in [9.17, 15) is 0 Å². The summed E-state index contributed by atoms with van der Waals surface area (Å²) in [6, 6.07) is 0.161. The Morgan fingerprint density at radius 2 is 2.31 bits per heavy atom. The zero-order valence-electron chi connectivity index (χ0n) is 7.92. The molecule has 1 atom stereocenters. The van der Waals surface area contributed by atoms with Gasteiger partial charge in [-0.05, 0) is 48.1 Å². The van der Waals surface area contributed by atoms with Crippen molar-refractivity contribution >= 4 is 11.3 Å². The third kappa shape index (κ3) is 1.69. The molecule has 1 heterocycles. The van der Waals surface area contributed by atoms with Gasteiger partial charge in [0.25, 0.3) is 0 Å². The standard InChI is InChI=1S/C11H15NS/c1-8-6-13-7-10(8)11(12)9-4-2-3-5-9/h4,6-7,11H,2-3,5,12H2,1H3. The summed E-state index contributed by atoms with van der Waals surface area (Å²) in [5.74, 6) is 0. The van der Waals surface area contributed by atoms with Crippen molar-refractivity contribution in [2.24, 2.45) is 5.73 Å². The lowest BCUT2D eigenvalue weighted by atomic mass is 9.99. The van der Waals surface area contributed by atoms with Crippen LogP contribution >= 0.6 is 11.3 Å². The maximum absolute atomic E-state index is 6.18. The molecule has 2 N–H and O–H groups in total. The second-order valence-corrected chi connectivity index (χ2v) is 4.40. The van der Waals surface area contributed by atoms with E-state index >= 15 is 0 Å². The molecule has 0 spiro atoms. The van der Waals surface area contributed by atoms with Crippen molar-refractivity contribution in [2.75, 3.05) is 0 Å². The second-order valence-electron chi connectivity index (χ2n) is 3.66. The summed E-state index contributed by atoms with van der Waals surface area (Å²) in [7, 11) is 0. The highest BCUT2D eigenvalue weighted by Crippen LogP contribution is 2.31. The maximum atomic E-state index is 6.18. The number of hydrogen-bond donors (Lipinski definition) is 1. The Kier molecular flexibility index (Phi) is 2.51. The van der Waals surface area contributed by atoms with Gasteiger partial charge in [0.15, 0.2) is 0 Å². The number of aryl methyl sites for hydroxylation is 1. The molecule has 0 radical (unpaired) electrons. The predicted molar refractivity (Wildman–Crippen MR) is 57.9 cm³/mol. The quantitative estimate of drug-likeness (QED) is 0.717. The average Bonchev–Trinajstić information content (AvgIpc) is 2.72. The smallest absolute Gasteiger partial charge is 0.0521 e. The number of nitrogens with two attached hydrogens (primary N) is 1. The molecular formula is C11H15NS. The van der Waals surface area contributed by atoms with Gasteiger partial charge in [-0.1, -0.05) is 11.6 Å². The minimum atomic E-state index is 0.161. The van der Waals surface area contributed by atoms with E-state index in [1.54, 1.807) is 11.3 Å². The topological polar surface area (TPSA) is 26.0 Å². The van der Waals surface area contributed by atoms with Crippen molar-refractivity contribution in [3.05, 3.63) is 33.5 Å². The monoisotopic (exact) mass is 193 g/mol. The highest BCUT2D eigenvalue weighted by Gasteiger charge is 2.16. The minimum Gasteiger partial charge on any atom is -0.321 e. The van der Waals surface area contributed by atoms with Crippen molar-refractivity contribution in [1.29, 1.82) is 0 Å². The summed E-state index contributed by atoms with van der Waals surface area (Å²) in [4.78, 5) is 0. The Balaban J connectivity index is 2.21. The van der Waals surface area contributed by atoms with Gasteiger partial charge in [0.1, 0.15) is 0 Å². The van der Waals surface area contributed by atoms with Gasteiger partial charge >= 0.3 is 0 Å². The van der Waals surface area contributed by atoms with Crippen LogP contribution < -0.4 is 5.73 Å². The molecule has 1 aromatic rings. The van der Waals surface area contributed by atoms with Crippen LogP contribution in [0.2, 0.25) is 0 Å². The van der Waals surface area contributed by atoms with Crippen molar-refractivity contribution in [1.82, 2.24) is 0 Å².